The normalized spacial score (nSPS) is 16.9. The number of nitrogens with zero attached hydrogens (tertiary/aromatic N) is 2. The van der Waals surface area contributed by atoms with Crippen molar-refractivity contribution in [1.82, 2.24) is 9.62 Å². The van der Waals surface area contributed by atoms with E-state index in [-0.39, 0.29) is 46.0 Å². The van der Waals surface area contributed by atoms with Crippen LogP contribution in [0.3, 0.4) is 0 Å². The van der Waals surface area contributed by atoms with E-state index in [1.807, 2.05) is 39.8 Å². The Morgan fingerprint density at radius 2 is 1.85 bits per heavy atom. The van der Waals surface area contributed by atoms with Crippen LogP contribution in [0.4, 0.5) is 5.69 Å². The number of aromatic hydroxyl groups is 1. The number of hydrogen-bond acceptors (Lipinski definition) is 9. The first-order valence-corrected chi connectivity index (χ1v) is 15.3. The van der Waals surface area contributed by atoms with Gasteiger partial charge in [-0.1, -0.05) is 34.6 Å². The molecule has 0 unspecified atom stereocenters. The van der Waals surface area contributed by atoms with E-state index in [2.05, 4.69) is 15.0 Å². The van der Waals surface area contributed by atoms with Gasteiger partial charge in [-0.2, -0.15) is 12.7 Å². The Labute approximate surface area is 209 Å². The zero-order valence-corrected chi connectivity index (χ0v) is 23.2. The van der Waals surface area contributed by atoms with Gasteiger partial charge >= 0.3 is 0 Å². The van der Waals surface area contributed by atoms with Crippen molar-refractivity contribution in [2.24, 2.45) is 9.81 Å². The number of aryl methyl sites for hydroxylation is 1. The van der Waals surface area contributed by atoms with Gasteiger partial charge in [0, 0.05) is 28.2 Å². The fourth-order valence-electron chi connectivity index (χ4n) is 3.49. The molecule has 0 radical (unpaired) electrons. The van der Waals surface area contributed by atoms with Crippen LogP contribution in [0.15, 0.2) is 37.2 Å². The fourth-order valence-corrected chi connectivity index (χ4v) is 8.43. The van der Waals surface area contributed by atoms with Crippen molar-refractivity contribution in [2.45, 2.75) is 51.8 Å². The van der Waals surface area contributed by atoms with Gasteiger partial charge < -0.3 is 15.7 Å². The average molecular weight is 547 g/mol. The van der Waals surface area contributed by atoms with Gasteiger partial charge in [0.1, 0.15) is 0 Å². The Morgan fingerprint density at radius 1 is 1.21 bits per heavy atom. The third-order valence-electron chi connectivity index (χ3n) is 5.22. The smallest absolute Gasteiger partial charge is 0.279 e. The summed E-state index contributed by atoms with van der Waals surface area (Å²) in [5, 5.41) is 19.3. The maximum Gasteiger partial charge on any atom is 0.279 e. The first-order valence-electron chi connectivity index (χ1n) is 10.7. The van der Waals surface area contributed by atoms with Crippen LogP contribution in [0.2, 0.25) is 0 Å². The molecule has 3 heterocycles. The van der Waals surface area contributed by atoms with Crippen LogP contribution in [-0.4, -0.2) is 45.2 Å². The lowest BCUT2D eigenvalue weighted by Crippen LogP contribution is -2.34. The molecule has 1 aliphatic heterocycles. The van der Waals surface area contributed by atoms with Crippen LogP contribution in [-0.2, 0) is 20.0 Å². The number of amidine groups is 1. The monoisotopic (exact) mass is 546 g/mol. The summed E-state index contributed by atoms with van der Waals surface area (Å²) in [6.45, 7) is 12.1. The van der Waals surface area contributed by atoms with Crippen molar-refractivity contribution in [2.75, 3.05) is 18.4 Å². The van der Waals surface area contributed by atoms with Gasteiger partial charge in [-0.25, -0.2) is 8.42 Å². The van der Waals surface area contributed by atoms with Gasteiger partial charge in [-0.05, 0) is 24.5 Å². The molecule has 0 saturated carbocycles. The van der Waals surface area contributed by atoms with Crippen molar-refractivity contribution >= 4 is 54.2 Å². The lowest BCUT2D eigenvalue weighted by atomic mass is 9.85. The number of hydrogen-bond donors (Lipinski definition) is 3. The van der Waals surface area contributed by atoms with Crippen molar-refractivity contribution in [3.63, 3.8) is 0 Å². The van der Waals surface area contributed by atoms with Crippen LogP contribution in [0.25, 0.3) is 0 Å². The van der Waals surface area contributed by atoms with Gasteiger partial charge in [0.2, 0.25) is 0 Å². The molecule has 2 aromatic rings. The zero-order chi connectivity index (χ0) is 25.5. The van der Waals surface area contributed by atoms with E-state index < -0.39 is 25.8 Å². The number of rotatable bonds is 8. The molecule has 1 atom stereocenters. The Kier molecular flexibility index (Phi) is 7.54. The summed E-state index contributed by atoms with van der Waals surface area (Å²) < 4.78 is 55.2. The molecule has 34 heavy (non-hydrogen) atoms. The maximum absolute atomic E-state index is 12.8. The van der Waals surface area contributed by atoms with Gasteiger partial charge in [0.25, 0.3) is 20.0 Å². The molecule has 188 valence electrons. The minimum atomic E-state index is -3.89. The molecule has 0 spiro atoms. The quantitative estimate of drug-likeness (QED) is 0.452. The third-order valence-corrected chi connectivity index (χ3v) is 10.8. The first kappa shape index (κ1) is 26.7. The molecule has 0 aromatic carbocycles. The predicted octanol–water partition coefficient (Wildman–Crippen LogP) is 4.23. The van der Waals surface area contributed by atoms with Crippen LogP contribution in [0.1, 0.15) is 50.4 Å². The van der Waals surface area contributed by atoms with E-state index in [0.29, 0.717) is 0 Å². The van der Waals surface area contributed by atoms with Crippen LogP contribution in [0.5, 0.6) is 5.75 Å². The highest BCUT2D eigenvalue weighted by Gasteiger charge is 2.33. The maximum atomic E-state index is 12.8. The topological polar surface area (TPSA) is 128 Å². The first-order chi connectivity index (χ1) is 15.7. The van der Waals surface area contributed by atoms with Crippen molar-refractivity contribution in [3.05, 3.63) is 38.4 Å². The Balaban J connectivity index is 1.94. The van der Waals surface area contributed by atoms with Crippen LogP contribution >= 0.6 is 22.7 Å². The number of nitrogens with one attached hydrogen (secondary N) is 2. The molecule has 2 aromatic heterocycles. The fraction of sp³-hybridized carbons (Fsp3) is 0.476. The molecule has 0 aliphatic carbocycles. The highest BCUT2D eigenvalue weighted by atomic mass is 32.2. The summed E-state index contributed by atoms with van der Waals surface area (Å²) >= 11 is 2.48. The standard InChI is InChI=1S/C21H30N4O5S4/c1-7-25(8-2)34(29,30)20-17(26)14(11-31-20)23-19-15(12-33(27,28)24-19)22-18(21(4,5)6)16-10-9-13(3)32-16/h9-12,18,22,26H,7-8H2,1-6H3,(H,23,24)/t18-/m0/s1. The summed E-state index contributed by atoms with van der Waals surface area (Å²) in [6, 6.07) is 3.80. The molecule has 3 N–H and O–H groups in total. The number of anilines is 1. The van der Waals surface area contributed by atoms with E-state index in [0.717, 1.165) is 26.5 Å². The minimum absolute atomic E-state index is 0.0117. The molecule has 1 aliphatic rings. The summed E-state index contributed by atoms with van der Waals surface area (Å²) in [5.74, 6) is -0.480. The number of sulfonamides is 2. The van der Waals surface area contributed by atoms with Crippen LogP contribution < -0.4 is 10.6 Å². The molecule has 13 heteroatoms. The summed E-state index contributed by atoms with van der Waals surface area (Å²) in [4.78, 5) is 2.18. The van der Waals surface area contributed by atoms with E-state index in [1.54, 1.807) is 25.2 Å². The molecular formula is C21H30N4O5S4. The predicted molar refractivity (Wildman–Crippen MR) is 139 cm³/mol. The number of thiophene rings is 2. The van der Waals surface area contributed by atoms with Crippen molar-refractivity contribution in [1.29, 1.82) is 0 Å². The largest absolute Gasteiger partial charge is 0.504 e. The molecule has 0 fully saturated rings. The van der Waals surface area contributed by atoms with Crippen molar-refractivity contribution < 1.29 is 21.9 Å². The molecule has 3 rings (SSSR count). The van der Waals surface area contributed by atoms with Gasteiger partial charge in [-0.15, -0.1) is 27.1 Å². The van der Waals surface area contributed by atoms with E-state index in [9.17, 15) is 21.9 Å². The van der Waals surface area contributed by atoms with E-state index in [1.165, 1.54) is 9.69 Å². The van der Waals surface area contributed by atoms with Gasteiger partial charge in [0.15, 0.2) is 15.8 Å². The van der Waals surface area contributed by atoms with E-state index in [4.69, 9.17) is 0 Å². The Morgan fingerprint density at radius 3 is 2.38 bits per heavy atom. The molecule has 0 bridgehead atoms. The summed E-state index contributed by atoms with van der Waals surface area (Å²) in [6.07, 6.45) is 0. The van der Waals surface area contributed by atoms with Gasteiger partial charge in [-0.3, -0.25) is 0 Å². The summed E-state index contributed by atoms with van der Waals surface area (Å²) in [7, 11) is -7.77. The van der Waals surface area contributed by atoms with Gasteiger partial charge in [0.05, 0.1) is 22.8 Å². The molecule has 0 amide bonds. The Hall–Kier alpha value is -1.93. The zero-order valence-electron chi connectivity index (χ0n) is 19.9. The molecule has 9 nitrogen and oxygen atoms in total. The second-order valence-corrected chi connectivity index (χ2v) is 14.7. The summed E-state index contributed by atoms with van der Waals surface area (Å²) in [5.41, 5.74) is 0.0498. The lowest BCUT2D eigenvalue weighted by molar-refractivity contribution is 0.296. The Bertz CT molecular complexity index is 1330. The molecule has 0 saturated heterocycles. The van der Waals surface area contributed by atoms with Crippen molar-refractivity contribution in [3.8, 4) is 5.75 Å². The SMILES string of the molecule is CCN(CC)S(=O)(=O)c1scc(NC2=NS(=O)(=O)C=C2N[C@@H](c2ccc(C)s2)C(C)(C)C)c1O. The second kappa shape index (κ2) is 9.61. The van der Waals surface area contributed by atoms with E-state index >= 15 is 0 Å². The second-order valence-electron chi connectivity index (χ2n) is 8.88. The average Bonchev–Trinajstić information content (AvgIpc) is 3.37. The highest BCUT2D eigenvalue weighted by Crippen LogP contribution is 2.41. The highest BCUT2D eigenvalue weighted by molar-refractivity contribution is 7.93. The minimum Gasteiger partial charge on any atom is -0.504 e. The molecular weight excluding hydrogens is 517 g/mol. The third kappa shape index (κ3) is 5.48. The van der Waals surface area contributed by atoms with Crippen LogP contribution in [0, 0.1) is 12.3 Å². The lowest BCUT2D eigenvalue weighted by Gasteiger charge is -2.32.